The number of hydrogen-bond donors (Lipinski definition) is 1. The molecule has 1 aliphatic rings. The summed E-state index contributed by atoms with van der Waals surface area (Å²) in [6.07, 6.45) is 0. The minimum Gasteiger partial charge on any atom is -0.480 e. The number of ether oxygens (including phenoxy) is 1. The van der Waals surface area contributed by atoms with Crippen molar-refractivity contribution >= 4 is 34.8 Å². The number of amides is 1. The highest BCUT2D eigenvalue weighted by atomic mass is 35.5. The first-order valence-corrected chi connectivity index (χ1v) is 6.63. The van der Waals surface area contributed by atoms with Gasteiger partial charge in [-0.05, 0) is 17.9 Å². The second-order valence-corrected chi connectivity index (χ2v) is 5.25. The van der Waals surface area contributed by atoms with Crippen LogP contribution in [0.3, 0.4) is 0 Å². The fraction of sp³-hybridized carbons (Fsp3) is 0.455. The number of carbonyl (C=O) groups excluding carboxylic acids is 1. The van der Waals surface area contributed by atoms with Crippen molar-refractivity contribution in [2.24, 2.45) is 0 Å². The Balaban J connectivity index is 2.26. The van der Waals surface area contributed by atoms with Crippen molar-refractivity contribution in [3.8, 4) is 0 Å². The van der Waals surface area contributed by atoms with E-state index in [-0.39, 0.29) is 19.1 Å². The Labute approximate surface area is 113 Å². The first-order chi connectivity index (χ1) is 8.52. The van der Waals surface area contributed by atoms with Crippen LogP contribution in [0.1, 0.15) is 15.2 Å². The predicted molar refractivity (Wildman–Crippen MR) is 67.3 cm³/mol. The molecule has 0 spiro atoms. The molecule has 1 amide bonds. The van der Waals surface area contributed by atoms with Crippen molar-refractivity contribution in [1.82, 2.24) is 4.90 Å². The van der Waals surface area contributed by atoms with Gasteiger partial charge in [-0.3, -0.25) is 4.79 Å². The van der Waals surface area contributed by atoms with E-state index in [1.54, 1.807) is 5.38 Å². The minimum atomic E-state index is -1.06. The van der Waals surface area contributed by atoms with Crippen LogP contribution in [-0.4, -0.2) is 47.7 Å². The Hall–Kier alpha value is -1.11. The number of aryl methyl sites for hydroxylation is 1. The molecule has 0 aliphatic carbocycles. The van der Waals surface area contributed by atoms with Crippen LogP contribution < -0.4 is 0 Å². The number of morpholine rings is 1. The molecule has 2 heterocycles. The summed E-state index contributed by atoms with van der Waals surface area (Å²) < 4.78 is 5.09. The first-order valence-electron chi connectivity index (χ1n) is 5.37. The molecule has 0 saturated carbocycles. The lowest BCUT2D eigenvalue weighted by Gasteiger charge is -2.32. The largest absolute Gasteiger partial charge is 0.480 e. The van der Waals surface area contributed by atoms with Crippen molar-refractivity contribution in [3.63, 3.8) is 0 Å². The average Bonchev–Trinajstić information content (AvgIpc) is 2.69. The first kappa shape index (κ1) is 13.3. The van der Waals surface area contributed by atoms with E-state index in [1.165, 1.54) is 16.2 Å². The van der Waals surface area contributed by atoms with Gasteiger partial charge in [-0.25, -0.2) is 4.79 Å². The Bertz CT molecular complexity index is 487. The molecular weight excluding hydrogens is 278 g/mol. The zero-order valence-corrected chi connectivity index (χ0v) is 11.3. The Morgan fingerprint density at radius 2 is 2.33 bits per heavy atom. The lowest BCUT2D eigenvalue weighted by Crippen LogP contribution is -2.52. The van der Waals surface area contributed by atoms with E-state index < -0.39 is 12.0 Å². The second-order valence-electron chi connectivity index (χ2n) is 3.99. The van der Waals surface area contributed by atoms with Crippen molar-refractivity contribution in [2.45, 2.75) is 13.0 Å². The van der Waals surface area contributed by atoms with E-state index in [9.17, 15) is 9.59 Å². The third-order valence-corrected chi connectivity index (χ3v) is 4.45. The lowest BCUT2D eigenvalue weighted by atomic mass is 10.2. The van der Waals surface area contributed by atoms with E-state index >= 15 is 0 Å². The second kappa shape index (κ2) is 5.26. The number of rotatable bonds is 2. The van der Waals surface area contributed by atoms with Gasteiger partial charge >= 0.3 is 5.97 Å². The zero-order valence-electron chi connectivity index (χ0n) is 9.68. The summed E-state index contributed by atoms with van der Waals surface area (Å²) >= 11 is 7.27. The summed E-state index contributed by atoms with van der Waals surface area (Å²) in [5.41, 5.74) is 0.824. The number of carboxylic acid groups (broad SMARTS) is 1. The summed E-state index contributed by atoms with van der Waals surface area (Å²) in [7, 11) is 0. The molecule has 1 aromatic heterocycles. The highest BCUT2D eigenvalue weighted by molar-refractivity contribution is 7.13. The lowest BCUT2D eigenvalue weighted by molar-refractivity contribution is -0.147. The minimum absolute atomic E-state index is 0.0169. The van der Waals surface area contributed by atoms with Crippen molar-refractivity contribution in [1.29, 1.82) is 0 Å². The van der Waals surface area contributed by atoms with Gasteiger partial charge < -0.3 is 14.7 Å². The summed E-state index contributed by atoms with van der Waals surface area (Å²) in [5, 5.41) is 11.3. The van der Waals surface area contributed by atoms with Gasteiger partial charge in [0.15, 0.2) is 6.04 Å². The fourth-order valence-electron chi connectivity index (χ4n) is 1.76. The molecule has 1 N–H and O–H groups in total. The monoisotopic (exact) mass is 289 g/mol. The van der Waals surface area contributed by atoms with Crippen molar-refractivity contribution in [2.75, 3.05) is 19.8 Å². The fourth-order valence-corrected chi connectivity index (χ4v) is 2.98. The molecule has 1 fully saturated rings. The molecule has 1 atom stereocenters. The molecule has 2 rings (SSSR count). The van der Waals surface area contributed by atoms with Gasteiger partial charge in [-0.15, -0.1) is 11.3 Å². The molecule has 1 saturated heterocycles. The van der Waals surface area contributed by atoms with Crippen molar-refractivity contribution < 1.29 is 19.4 Å². The summed E-state index contributed by atoms with van der Waals surface area (Å²) in [5.74, 6) is -1.40. The number of aliphatic carboxylic acids is 1. The average molecular weight is 290 g/mol. The number of carboxylic acids is 1. The normalized spacial score (nSPS) is 19.9. The molecule has 1 aliphatic heterocycles. The molecule has 7 heteroatoms. The number of halogens is 1. The topological polar surface area (TPSA) is 66.8 Å². The third kappa shape index (κ3) is 2.36. The molecular formula is C11H12ClNO4S. The molecule has 5 nitrogen and oxygen atoms in total. The summed E-state index contributed by atoms with van der Waals surface area (Å²) in [6, 6.07) is -0.940. The SMILES string of the molecule is Cc1csc(C(=O)N2CCOCC2C(=O)O)c1Cl. The Kier molecular flexibility index (Phi) is 3.89. The van der Waals surface area contributed by atoms with Crippen LogP contribution in [0.5, 0.6) is 0 Å². The van der Waals surface area contributed by atoms with Crippen molar-refractivity contribution in [3.05, 3.63) is 20.8 Å². The molecule has 98 valence electrons. The quantitative estimate of drug-likeness (QED) is 0.899. The highest BCUT2D eigenvalue weighted by Gasteiger charge is 2.34. The van der Waals surface area contributed by atoms with E-state index in [2.05, 4.69) is 0 Å². The van der Waals surface area contributed by atoms with Crippen LogP contribution in [0, 0.1) is 6.92 Å². The van der Waals surface area contributed by atoms with Crippen LogP contribution in [-0.2, 0) is 9.53 Å². The maximum Gasteiger partial charge on any atom is 0.328 e. The molecule has 1 aromatic rings. The number of hydrogen-bond acceptors (Lipinski definition) is 4. The van der Waals surface area contributed by atoms with Gasteiger partial charge in [0.1, 0.15) is 4.88 Å². The van der Waals surface area contributed by atoms with Crippen LogP contribution in [0.4, 0.5) is 0 Å². The van der Waals surface area contributed by atoms with Crippen LogP contribution in [0.25, 0.3) is 0 Å². The Morgan fingerprint density at radius 1 is 1.61 bits per heavy atom. The standard InChI is InChI=1S/C11H12ClNO4S/c1-6-5-18-9(8(6)12)10(14)13-2-3-17-4-7(13)11(15)16/h5,7H,2-4H2,1H3,(H,15,16). The van der Waals surface area contributed by atoms with Gasteiger partial charge in [0.2, 0.25) is 0 Å². The molecule has 0 radical (unpaired) electrons. The highest BCUT2D eigenvalue weighted by Crippen LogP contribution is 2.29. The van der Waals surface area contributed by atoms with Gasteiger partial charge in [0, 0.05) is 6.54 Å². The van der Waals surface area contributed by atoms with Crippen LogP contribution in [0.2, 0.25) is 5.02 Å². The third-order valence-electron chi connectivity index (χ3n) is 2.77. The van der Waals surface area contributed by atoms with Crippen LogP contribution in [0.15, 0.2) is 5.38 Å². The molecule has 18 heavy (non-hydrogen) atoms. The van der Waals surface area contributed by atoms with Gasteiger partial charge in [-0.1, -0.05) is 11.6 Å². The van der Waals surface area contributed by atoms with E-state index in [0.29, 0.717) is 16.5 Å². The van der Waals surface area contributed by atoms with Gasteiger partial charge in [0.25, 0.3) is 5.91 Å². The summed E-state index contributed by atoms with van der Waals surface area (Å²) in [6.45, 7) is 2.44. The molecule has 0 aromatic carbocycles. The zero-order chi connectivity index (χ0) is 13.3. The summed E-state index contributed by atoms with van der Waals surface area (Å²) in [4.78, 5) is 25.1. The predicted octanol–water partition coefficient (Wildman–Crippen LogP) is 1.64. The molecule has 0 bridgehead atoms. The van der Waals surface area contributed by atoms with E-state index in [1.807, 2.05) is 6.92 Å². The van der Waals surface area contributed by atoms with Gasteiger partial charge in [-0.2, -0.15) is 0 Å². The Morgan fingerprint density at radius 3 is 2.89 bits per heavy atom. The number of carbonyl (C=O) groups is 2. The van der Waals surface area contributed by atoms with Gasteiger partial charge in [0.05, 0.1) is 18.2 Å². The smallest absolute Gasteiger partial charge is 0.328 e. The van der Waals surface area contributed by atoms with Crippen LogP contribution >= 0.6 is 22.9 Å². The molecule has 1 unspecified atom stereocenters. The van der Waals surface area contributed by atoms with E-state index in [0.717, 1.165) is 5.56 Å². The maximum atomic E-state index is 12.3. The number of thiophene rings is 1. The number of nitrogens with zero attached hydrogens (tertiary/aromatic N) is 1. The maximum absolute atomic E-state index is 12.3. The van der Waals surface area contributed by atoms with E-state index in [4.69, 9.17) is 21.4 Å².